The number of aliphatic hydroxyl groups is 1. The molecular weight excluding hydrogens is 190 g/mol. The van der Waals surface area contributed by atoms with E-state index in [0.29, 0.717) is 6.04 Å². The molecule has 0 bridgehead atoms. The van der Waals surface area contributed by atoms with E-state index in [0.717, 1.165) is 18.1 Å². The van der Waals surface area contributed by atoms with Gasteiger partial charge in [-0.05, 0) is 32.8 Å². The maximum atomic E-state index is 9.00. The molecule has 0 fully saturated rings. The van der Waals surface area contributed by atoms with Gasteiger partial charge in [0.05, 0.1) is 0 Å². The summed E-state index contributed by atoms with van der Waals surface area (Å²) in [6.45, 7) is 9.07. The van der Waals surface area contributed by atoms with Crippen molar-refractivity contribution in [3.05, 3.63) is 23.2 Å². The molecule has 0 aliphatic rings. The van der Waals surface area contributed by atoms with Gasteiger partial charge in [0.2, 0.25) is 0 Å². The summed E-state index contributed by atoms with van der Waals surface area (Å²) in [5, 5.41) is 12.4. The summed E-state index contributed by atoms with van der Waals surface area (Å²) in [6.07, 6.45) is 0. The first-order chi connectivity index (χ1) is 7.04. The maximum absolute atomic E-state index is 9.00. The molecule has 2 unspecified atom stereocenters. The van der Waals surface area contributed by atoms with Gasteiger partial charge in [-0.3, -0.25) is 0 Å². The molecule has 1 aromatic heterocycles. The molecule has 2 atom stereocenters. The van der Waals surface area contributed by atoms with E-state index in [1.54, 1.807) is 0 Å². The minimum absolute atomic E-state index is 0.220. The minimum Gasteiger partial charge on any atom is -0.466 e. The maximum Gasteiger partial charge on any atom is 0.105 e. The quantitative estimate of drug-likeness (QED) is 0.783. The van der Waals surface area contributed by atoms with E-state index in [1.165, 1.54) is 5.56 Å². The van der Waals surface area contributed by atoms with Crippen LogP contribution in [0.4, 0.5) is 0 Å². The van der Waals surface area contributed by atoms with Crippen LogP contribution in [0.15, 0.2) is 10.5 Å². The Hall–Kier alpha value is -0.800. The van der Waals surface area contributed by atoms with Gasteiger partial charge in [0.25, 0.3) is 0 Å². The van der Waals surface area contributed by atoms with Crippen LogP contribution in [0, 0.1) is 19.8 Å². The van der Waals surface area contributed by atoms with Crippen LogP contribution in [-0.4, -0.2) is 17.8 Å². The molecule has 0 saturated carbocycles. The second-order valence-electron chi connectivity index (χ2n) is 4.27. The van der Waals surface area contributed by atoms with Crippen molar-refractivity contribution in [2.75, 3.05) is 6.61 Å². The number of aryl methyl sites for hydroxylation is 2. The van der Waals surface area contributed by atoms with E-state index in [4.69, 9.17) is 9.52 Å². The van der Waals surface area contributed by atoms with Crippen molar-refractivity contribution < 1.29 is 9.52 Å². The van der Waals surface area contributed by atoms with E-state index >= 15 is 0 Å². The fraction of sp³-hybridized carbons (Fsp3) is 0.667. The standard InChI is InChI=1S/C12H21NO2/c1-8(7-14)10(3)13-6-12-5-9(2)15-11(12)4/h5,8,10,13-14H,6-7H2,1-4H3. The Bertz CT molecular complexity index is 307. The molecule has 3 heteroatoms. The largest absolute Gasteiger partial charge is 0.466 e. The third-order valence-corrected chi connectivity index (χ3v) is 2.90. The molecular formula is C12H21NO2. The van der Waals surface area contributed by atoms with Gasteiger partial charge < -0.3 is 14.8 Å². The second kappa shape index (κ2) is 5.33. The Morgan fingerprint density at radius 2 is 2.07 bits per heavy atom. The van der Waals surface area contributed by atoms with Crippen LogP contribution < -0.4 is 5.32 Å². The summed E-state index contributed by atoms with van der Waals surface area (Å²) in [4.78, 5) is 0. The van der Waals surface area contributed by atoms with Crippen LogP contribution in [0.1, 0.15) is 30.9 Å². The van der Waals surface area contributed by atoms with Gasteiger partial charge in [0, 0.05) is 24.8 Å². The molecule has 2 N–H and O–H groups in total. The van der Waals surface area contributed by atoms with Crippen molar-refractivity contribution >= 4 is 0 Å². The summed E-state index contributed by atoms with van der Waals surface area (Å²) in [5.41, 5.74) is 1.20. The van der Waals surface area contributed by atoms with Gasteiger partial charge in [-0.25, -0.2) is 0 Å². The lowest BCUT2D eigenvalue weighted by molar-refractivity contribution is 0.207. The Morgan fingerprint density at radius 3 is 2.53 bits per heavy atom. The lowest BCUT2D eigenvalue weighted by Gasteiger charge is -2.18. The Morgan fingerprint density at radius 1 is 1.40 bits per heavy atom. The van der Waals surface area contributed by atoms with E-state index in [-0.39, 0.29) is 12.5 Å². The molecule has 0 aliphatic heterocycles. The fourth-order valence-corrected chi connectivity index (χ4v) is 1.49. The van der Waals surface area contributed by atoms with Crippen LogP contribution in [0.2, 0.25) is 0 Å². The Balaban J connectivity index is 2.46. The average molecular weight is 211 g/mol. The first-order valence-electron chi connectivity index (χ1n) is 5.44. The number of nitrogens with one attached hydrogen (secondary N) is 1. The van der Waals surface area contributed by atoms with Crippen molar-refractivity contribution in [1.29, 1.82) is 0 Å². The number of furan rings is 1. The first-order valence-corrected chi connectivity index (χ1v) is 5.44. The highest BCUT2D eigenvalue weighted by atomic mass is 16.3. The molecule has 0 spiro atoms. The monoisotopic (exact) mass is 211 g/mol. The SMILES string of the molecule is Cc1cc(CNC(C)C(C)CO)c(C)o1. The summed E-state index contributed by atoms with van der Waals surface area (Å²) >= 11 is 0. The molecule has 86 valence electrons. The molecule has 15 heavy (non-hydrogen) atoms. The highest BCUT2D eigenvalue weighted by molar-refractivity contribution is 5.19. The average Bonchev–Trinajstić information content (AvgIpc) is 2.52. The number of hydrogen-bond acceptors (Lipinski definition) is 3. The minimum atomic E-state index is 0.220. The summed E-state index contributed by atoms with van der Waals surface area (Å²) in [5.74, 6) is 2.20. The Labute approximate surface area is 91.5 Å². The van der Waals surface area contributed by atoms with E-state index in [9.17, 15) is 0 Å². The van der Waals surface area contributed by atoms with Gasteiger partial charge in [0.15, 0.2) is 0 Å². The van der Waals surface area contributed by atoms with Gasteiger partial charge >= 0.3 is 0 Å². The zero-order valence-corrected chi connectivity index (χ0v) is 10.0. The van der Waals surface area contributed by atoms with Crippen LogP contribution in [-0.2, 0) is 6.54 Å². The van der Waals surface area contributed by atoms with Crippen molar-refractivity contribution in [2.45, 2.75) is 40.3 Å². The summed E-state index contributed by atoms with van der Waals surface area (Å²) in [6, 6.07) is 2.36. The zero-order valence-electron chi connectivity index (χ0n) is 10.0. The van der Waals surface area contributed by atoms with Crippen LogP contribution in [0.3, 0.4) is 0 Å². The van der Waals surface area contributed by atoms with E-state index in [1.807, 2.05) is 20.8 Å². The van der Waals surface area contributed by atoms with Gasteiger partial charge in [-0.2, -0.15) is 0 Å². The predicted molar refractivity (Wildman–Crippen MR) is 60.7 cm³/mol. The van der Waals surface area contributed by atoms with Crippen LogP contribution in [0.25, 0.3) is 0 Å². The molecule has 0 amide bonds. The fourth-order valence-electron chi connectivity index (χ4n) is 1.49. The molecule has 1 heterocycles. The van der Waals surface area contributed by atoms with E-state index < -0.39 is 0 Å². The van der Waals surface area contributed by atoms with Crippen molar-refractivity contribution in [2.24, 2.45) is 5.92 Å². The number of aliphatic hydroxyl groups excluding tert-OH is 1. The topological polar surface area (TPSA) is 45.4 Å². The molecule has 1 rings (SSSR count). The number of rotatable bonds is 5. The van der Waals surface area contributed by atoms with E-state index in [2.05, 4.69) is 18.3 Å². The van der Waals surface area contributed by atoms with Crippen LogP contribution >= 0.6 is 0 Å². The zero-order chi connectivity index (χ0) is 11.4. The lowest BCUT2D eigenvalue weighted by atomic mass is 10.0. The van der Waals surface area contributed by atoms with Crippen LogP contribution in [0.5, 0.6) is 0 Å². The Kier molecular flexibility index (Phi) is 4.36. The van der Waals surface area contributed by atoms with Crippen molar-refractivity contribution in [3.8, 4) is 0 Å². The van der Waals surface area contributed by atoms with Gasteiger partial charge in [0.1, 0.15) is 11.5 Å². The lowest BCUT2D eigenvalue weighted by Crippen LogP contribution is -2.33. The smallest absolute Gasteiger partial charge is 0.105 e. The molecule has 1 aromatic rings. The molecule has 0 aliphatic carbocycles. The third-order valence-electron chi connectivity index (χ3n) is 2.90. The van der Waals surface area contributed by atoms with Gasteiger partial charge in [-0.1, -0.05) is 6.92 Å². The summed E-state index contributed by atoms with van der Waals surface area (Å²) in [7, 11) is 0. The molecule has 0 radical (unpaired) electrons. The van der Waals surface area contributed by atoms with Gasteiger partial charge in [-0.15, -0.1) is 0 Å². The molecule has 0 aromatic carbocycles. The first kappa shape index (κ1) is 12.3. The van der Waals surface area contributed by atoms with Crippen molar-refractivity contribution in [1.82, 2.24) is 5.32 Å². The molecule has 0 saturated heterocycles. The normalized spacial score (nSPS) is 15.3. The highest BCUT2D eigenvalue weighted by Crippen LogP contribution is 2.14. The van der Waals surface area contributed by atoms with Crippen molar-refractivity contribution in [3.63, 3.8) is 0 Å². The third kappa shape index (κ3) is 3.36. The number of hydrogen-bond donors (Lipinski definition) is 2. The summed E-state index contributed by atoms with van der Waals surface area (Å²) < 4.78 is 5.44. The second-order valence-corrected chi connectivity index (χ2v) is 4.27. The highest BCUT2D eigenvalue weighted by Gasteiger charge is 2.11. The molecule has 3 nitrogen and oxygen atoms in total. The predicted octanol–water partition coefficient (Wildman–Crippen LogP) is 2.00.